The maximum atomic E-state index is 12.8. The van der Waals surface area contributed by atoms with Gasteiger partial charge in [0.2, 0.25) is 6.54 Å². The Kier molecular flexibility index (Phi) is 6.31. The van der Waals surface area contributed by atoms with Gasteiger partial charge in [-0.2, -0.15) is 0 Å². The van der Waals surface area contributed by atoms with Gasteiger partial charge in [0, 0.05) is 15.3 Å². The van der Waals surface area contributed by atoms with Gasteiger partial charge in [-0.15, -0.1) is 0 Å². The largest absolute Gasteiger partial charge is 0.444 e. The van der Waals surface area contributed by atoms with E-state index in [4.69, 9.17) is 4.74 Å². The van der Waals surface area contributed by atoms with E-state index in [0.29, 0.717) is 17.7 Å². The van der Waals surface area contributed by atoms with E-state index in [2.05, 4.69) is 15.9 Å². The summed E-state index contributed by atoms with van der Waals surface area (Å²) in [5.41, 5.74) is 1.92. The lowest BCUT2D eigenvalue weighted by atomic mass is 9.78. The zero-order chi connectivity index (χ0) is 20.3. The molecule has 0 unspecified atom stereocenters. The van der Waals surface area contributed by atoms with Crippen molar-refractivity contribution in [3.05, 3.63) is 74.2 Å². The second kappa shape index (κ2) is 8.70. The smallest absolute Gasteiger partial charge is 0.416 e. The summed E-state index contributed by atoms with van der Waals surface area (Å²) < 4.78 is 6.17. The van der Waals surface area contributed by atoms with Crippen LogP contribution in [0.5, 0.6) is 0 Å². The minimum atomic E-state index is -1.20. The number of hydrogen-bond acceptors (Lipinski definition) is 5. The number of nitro groups is 1. The number of amides is 1. The third-order valence-electron chi connectivity index (χ3n) is 5.03. The van der Waals surface area contributed by atoms with E-state index in [1.807, 2.05) is 37.3 Å². The van der Waals surface area contributed by atoms with Crippen molar-refractivity contribution in [2.24, 2.45) is 5.92 Å². The number of anilines is 1. The molecule has 1 aliphatic rings. The first-order valence-corrected chi connectivity index (χ1v) is 9.81. The van der Waals surface area contributed by atoms with Gasteiger partial charge in [-0.3, -0.25) is 15.0 Å². The highest BCUT2D eigenvalue weighted by Gasteiger charge is 2.44. The van der Waals surface area contributed by atoms with Gasteiger partial charge < -0.3 is 9.84 Å². The molecule has 0 saturated carbocycles. The average Bonchev–Trinajstić information content (AvgIpc) is 2.67. The van der Waals surface area contributed by atoms with E-state index >= 15 is 0 Å². The molecule has 0 aromatic heterocycles. The molecule has 148 valence electrons. The van der Waals surface area contributed by atoms with Gasteiger partial charge in [0.15, 0.2) is 0 Å². The van der Waals surface area contributed by atoms with Crippen LogP contribution in [0.2, 0.25) is 0 Å². The van der Waals surface area contributed by atoms with Crippen molar-refractivity contribution in [3.8, 4) is 0 Å². The van der Waals surface area contributed by atoms with Gasteiger partial charge in [0.05, 0.1) is 11.6 Å². The fourth-order valence-corrected chi connectivity index (χ4v) is 4.08. The molecule has 2 aromatic carbocycles. The van der Waals surface area contributed by atoms with Crippen molar-refractivity contribution < 1.29 is 19.6 Å². The first-order chi connectivity index (χ1) is 13.4. The topological polar surface area (TPSA) is 92.9 Å². The van der Waals surface area contributed by atoms with Crippen LogP contribution in [0.15, 0.2) is 53.0 Å². The van der Waals surface area contributed by atoms with Crippen molar-refractivity contribution in [3.63, 3.8) is 0 Å². The Balaban J connectivity index is 1.93. The first-order valence-electron chi connectivity index (χ1n) is 9.01. The Labute approximate surface area is 171 Å². The Morgan fingerprint density at radius 1 is 1.29 bits per heavy atom. The van der Waals surface area contributed by atoms with Gasteiger partial charge >= 0.3 is 6.09 Å². The van der Waals surface area contributed by atoms with Crippen molar-refractivity contribution in [1.82, 2.24) is 0 Å². The molecule has 2 aromatic rings. The number of carbonyl (C=O) groups excluding carboxylic acids is 1. The summed E-state index contributed by atoms with van der Waals surface area (Å²) in [6.45, 7) is 1.60. The molecule has 0 aliphatic carbocycles. The lowest BCUT2D eigenvalue weighted by molar-refractivity contribution is -0.485. The molecule has 1 amide bonds. The number of ether oxygens (including phenoxy) is 1. The Morgan fingerprint density at radius 2 is 2.00 bits per heavy atom. The molecule has 7 nitrogen and oxygen atoms in total. The predicted molar refractivity (Wildman–Crippen MR) is 108 cm³/mol. The van der Waals surface area contributed by atoms with Gasteiger partial charge in [0.1, 0.15) is 12.8 Å². The SMILES string of the molecule is CC[C@@H]1[C@H](C[N+](=O)[O-])c2cc(Br)ccc2N(C(=O)OCc2ccccc2)[C@H]1O. The van der Waals surface area contributed by atoms with Crippen molar-refractivity contribution in [1.29, 1.82) is 0 Å². The molecule has 0 radical (unpaired) electrons. The molecule has 3 atom stereocenters. The summed E-state index contributed by atoms with van der Waals surface area (Å²) in [5.74, 6) is -0.975. The van der Waals surface area contributed by atoms with Crippen LogP contribution in [0.3, 0.4) is 0 Å². The van der Waals surface area contributed by atoms with E-state index < -0.39 is 24.2 Å². The highest BCUT2D eigenvalue weighted by atomic mass is 79.9. The molecule has 0 fully saturated rings. The molecule has 28 heavy (non-hydrogen) atoms. The molecule has 0 spiro atoms. The van der Waals surface area contributed by atoms with Crippen LogP contribution in [0.4, 0.5) is 10.5 Å². The van der Waals surface area contributed by atoms with Crippen LogP contribution in [0.25, 0.3) is 0 Å². The normalized spacial score (nSPS) is 21.1. The quantitative estimate of drug-likeness (QED) is 0.543. The van der Waals surface area contributed by atoms with Crippen LogP contribution >= 0.6 is 15.9 Å². The van der Waals surface area contributed by atoms with Gasteiger partial charge in [-0.1, -0.05) is 53.2 Å². The van der Waals surface area contributed by atoms with Crippen LogP contribution in [-0.4, -0.2) is 28.9 Å². The van der Waals surface area contributed by atoms with E-state index in [9.17, 15) is 20.0 Å². The lowest BCUT2D eigenvalue weighted by Crippen LogP contribution is -2.51. The maximum absolute atomic E-state index is 12.8. The molecule has 8 heteroatoms. The summed E-state index contributed by atoms with van der Waals surface area (Å²) in [6.07, 6.45) is -1.40. The van der Waals surface area contributed by atoms with Crippen LogP contribution in [0.1, 0.15) is 30.4 Å². The molecule has 3 rings (SSSR count). The minimum absolute atomic E-state index is 0.0733. The van der Waals surface area contributed by atoms with E-state index in [1.165, 1.54) is 4.90 Å². The molecule has 1 aliphatic heterocycles. The number of nitrogens with zero attached hydrogens (tertiary/aromatic N) is 2. The van der Waals surface area contributed by atoms with Crippen LogP contribution in [-0.2, 0) is 11.3 Å². The van der Waals surface area contributed by atoms with E-state index in [-0.39, 0.29) is 18.1 Å². The highest BCUT2D eigenvalue weighted by Crippen LogP contribution is 2.44. The zero-order valence-corrected chi connectivity index (χ0v) is 16.9. The Bertz CT molecular complexity index is 861. The molecular weight excluding hydrogens is 428 g/mol. The summed E-state index contributed by atoms with van der Waals surface area (Å²) in [6, 6.07) is 14.4. The number of rotatable bonds is 5. The second-order valence-corrected chi connectivity index (χ2v) is 7.64. The standard InChI is InChI=1S/C20H21BrN2O5/c1-2-15-17(11-22(26)27)16-10-14(21)8-9-18(16)23(19(15)24)20(25)28-12-13-6-4-3-5-7-13/h3-10,15,17,19,24H,2,11-12H2,1H3/t15-,17+,19+/m1/s1. The zero-order valence-electron chi connectivity index (χ0n) is 15.3. The predicted octanol–water partition coefficient (Wildman–Crippen LogP) is 4.31. The molecule has 1 N–H and O–H groups in total. The number of benzene rings is 2. The third-order valence-corrected chi connectivity index (χ3v) is 5.53. The van der Waals surface area contributed by atoms with Gasteiger partial charge in [-0.25, -0.2) is 4.79 Å². The van der Waals surface area contributed by atoms with Gasteiger partial charge in [0.25, 0.3) is 0 Å². The fraction of sp³-hybridized carbons (Fsp3) is 0.350. The summed E-state index contributed by atoms with van der Waals surface area (Å²) in [7, 11) is 0. The molecule has 1 heterocycles. The van der Waals surface area contributed by atoms with E-state index in [0.717, 1.165) is 10.0 Å². The number of halogens is 1. The van der Waals surface area contributed by atoms with Crippen molar-refractivity contribution in [2.45, 2.75) is 32.1 Å². The number of aliphatic hydroxyl groups is 1. The number of fused-ring (bicyclic) bond motifs is 1. The first kappa shape index (κ1) is 20.3. The Hall–Kier alpha value is -2.45. The highest BCUT2D eigenvalue weighted by molar-refractivity contribution is 9.10. The van der Waals surface area contributed by atoms with Crippen LogP contribution < -0.4 is 4.90 Å². The monoisotopic (exact) mass is 448 g/mol. The van der Waals surface area contributed by atoms with Crippen LogP contribution in [0, 0.1) is 16.0 Å². The lowest BCUT2D eigenvalue weighted by Gasteiger charge is -2.41. The van der Waals surface area contributed by atoms with Gasteiger partial charge in [-0.05, 0) is 35.7 Å². The number of hydrogen-bond donors (Lipinski definition) is 1. The van der Waals surface area contributed by atoms with E-state index in [1.54, 1.807) is 18.2 Å². The molecular formula is C20H21BrN2O5. The minimum Gasteiger partial charge on any atom is -0.444 e. The number of carbonyl (C=O) groups is 1. The summed E-state index contributed by atoms with van der Waals surface area (Å²) in [5, 5.41) is 22.1. The van der Waals surface area contributed by atoms with Crippen molar-refractivity contribution >= 4 is 27.7 Å². The number of aliphatic hydroxyl groups excluding tert-OH is 1. The Morgan fingerprint density at radius 3 is 2.64 bits per heavy atom. The second-order valence-electron chi connectivity index (χ2n) is 6.72. The maximum Gasteiger partial charge on any atom is 0.416 e. The third kappa shape index (κ3) is 4.18. The summed E-state index contributed by atoms with van der Waals surface area (Å²) >= 11 is 3.39. The molecule has 0 bridgehead atoms. The summed E-state index contributed by atoms with van der Waals surface area (Å²) in [4.78, 5) is 24.9. The fourth-order valence-electron chi connectivity index (χ4n) is 3.70. The average molecular weight is 449 g/mol. The van der Waals surface area contributed by atoms with Crippen molar-refractivity contribution in [2.75, 3.05) is 11.4 Å². The molecule has 0 saturated heterocycles.